The summed E-state index contributed by atoms with van der Waals surface area (Å²) in [6, 6.07) is 22.4. The van der Waals surface area contributed by atoms with Crippen molar-refractivity contribution >= 4 is 147 Å². The number of aromatic nitrogens is 6. The van der Waals surface area contributed by atoms with Crippen LogP contribution >= 0.6 is 24.1 Å². The van der Waals surface area contributed by atoms with Gasteiger partial charge < -0.3 is 31.9 Å². The summed E-state index contributed by atoms with van der Waals surface area (Å²) in [7, 11) is -9.48. The third-order valence-electron chi connectivity index (χ3n) is 10.5. The number of hydrogen-bond acceptors (Lipinski definition) is 28. The van der Waals surface area contributed by atoms with E-state index in [1.165, 1.54) is 105 Å². The van der Waals surface area contributed by atoms with Crippen LogP contribution in [0.25, 0.3) is 21.5 Å². The highest BCUT2D eigenvalue weighted by atomic mass is 32.2. The zero-order valence-corrected chi connectivity index (χ0v) is 44.4. The monoisotopic (exact) mass is 1190 g/mol. The molecule has 0 bridgehead atoms. The van der Waals surface area contributed by atoms with Gasteiger partial charge in [-0.25, -0.2) is 10.5 Å². The van der Waals surface area contributed by atoms with Crippen molar-refractivity contribution in [3.05, 3.63) is 109 Å². The van der Waals surface area contributed by atoms with E-state index in [9.17, 15) is 44.3 Å². The van der Waals surface area contributed by atoms with Crippen LogP contribution in [0.15, 0.2) is 137 Å². The molecule has 420 valence electrons. The summed E-state index contributed by atoms with van der Waals surface area (Å²) in [5.41, 5.74) is 0.933. The molecule has 30 nitrogen and oxygen atoms in total. The largest absolute Gasteiger partial charge is 0.354 e. The SMILES string of the molecule is CC(=O)Nc1cc(Nc2nc(F)nc(NCCCNc3nc(F)nc(Nc4ccc(N=Nc5cc(SOOO)c6cccc(S(=O)(=O)O)c6c5)c(NC(C)=O)c4)n3)n2)ccc1N=Nc1cc(S(=O)(=O)O)c2cccc(SOOO)c2c1. The molecule has 36 heteroatoms. The fourth-order valence-electron chi connectivity index (χ4n) is 7.34. The molecule has 0 aliphatic heterocycles. The van der Waals surface area contributed by atoms with E-state index in [2.05, 4.69) is 101 Å². The molecule has 2 heterocycles. The zero-order chi connectivity index (χ0) is 57.8. The van der Waals surface area contributed by atoms with Crippen molar-refractivity contribution in [1.29, 1.82) is 0 Å². The van der Waals surface area contributed by atoms with Crippen LogP contribution in [0.2, 0.25) is 0 Å². The van der Waals surface area contributed by atoms with Crippen molar-refractivity contribution in [1.82, 2.24) is 29.9 Å². The van der Waals surface area contributed by atoms with Gasteiger partial charge in [-0.15, -0.1) is 18.9 Å². The number of nitrogens with one attached hydrogen (secondary N) is 6. The van der Waals surface area contributed by atoms with Gasteiger partial charge in [0.25, 0.3) is 20.2 Å². The van der Waals surface area contributed by atoms with Crippen LogP contribution in [0.4, 0.5) is 78.1 Å². The maximum absolute atomic E-state index is 14.7. The Morgan fingerprint density at radius 3 is 1.54 bits per heavy atom. The fourth-order valence-corrected chi connectivity index (χ4v) is 9.80. The number of hydrogen-bond donors (Lipinski definition) is 10. The number of nitrogens with zero attached hydrogens (tertiary/aromatic N) is 10. The van der Waals surface area contributed by atoms with E-state index in [0.717, 1.165) is 6.07 Å². The normalized spacial score (nSPS) is 11.9. The Morgan fingerprint density at radius 2 is 1.02 bits per heavy atom. The molecular formula is C45H38F2N16O14S4. The van der Waals surface area contributed by atoms with E-state index < -0.39 is 54.0 Å². The fraction of sp³-hybridized carbons (Fsp3) is 0.111. The van der Waals surface area contributed by atoms with Crippen LogP contribution in [0, 0.1) is 12.2 Å². The lowest BCUT2D eigenvalue weighted by Crippen LogP contribution is -2.14. The standard InChI is InChI=1S/C45H38F2N16O14S4/c1-22(64)50-34-18-24(10-12-32(34)62-60-26-17-31-28(37(20-26)79-77-75-67)6-4-9-38(31)80(68,69)70)52-44-56-40(46)54-42(58-44)48-14-5-15-49-43-55-41(47)57-45(59-43)53-25-11-13-33(35(19-25)51-23(2)65)63-61-27-16-30-29(39(21-27)81(71,72)73)7-3-8-36(30)78-76-74-66/h3-4,6-13,16-21,66-67H,5,14-15H2,1-2H3,(H,50,64)(H,51,65)(H,68,69,70)(H,71,72,73)(H2,48,52,54,56,58)(H2,49,53,55,57,59). The molecule has 81 heavy (non-hydrogen) atoms. The number of amides is 2. The highest BCUT2D eigenvalue weighted by Crippen LogP contribution is 2.40. The molecule has 10 N–H and O–H groups in total. The average Bonchev–Trinajstić information content (AvgIpc) is 3.53. The molecule has 0 saturated heterocycles. The molecule has 2 aromatic heterocycles. The van der Waals surface area contributed by atoms with Crippen molar-refractivity contribution in [2.24, 2.45) is 20.5 Å². The Labute approximate surface area is 462 Å². The predicted molar refractivity (Wildman–Crippen MR) is 286 cm³/mol. The minimum absolute atomic E-state index is 0.0367. The Kier molecular flexibility index (Phi) is 18.8. The van der Waals surface area contributed by atoms with E-state index in [0.29, 0.717) is 35.9 Å². The summed E-state index contributed by atoms with van der Waals surface area (Å²) < 4.78 is 107. The van der Waals surface area contributed by atoms with Crippen molar-refractivity contribution in [3.8, 4) is 0 Å². The minimum atomic E-state index is -4.78. The van der Waals surface area contributed by atoms with Crippen LogP contribution in [0.1, 0.15) is 20.3 Å². The van der Waals surface area contributed by atoms with Crippen LogP contribution in [-0.4, -0.2) is 91.3 Å². The second kappa shape index (κ2) is 26.1. The van der Waals surface area contributed by atoms with E-state index in [4.69, 9.17) is 10.5 Å². The van der Waals surface area contributed by atoms with Crippen LogP contribution < -0.4 is 31.9 Å². The topological polar surface area (TPSA) is 419 Å². The molecule has 0 aliphatic carbocycles. The van der Waals surface area contributed by atoms with Gasteiger partial charge in [-0.1, -0.05) is 34.3 Å². The number of fused-ring (bicyclic) bond motifs is 2. The maximum Gasteiger partial charge on any atom is 0.315 e. The predicted octanol–water partition coefficient (Wildman–Crippen LogP) is 10.1. The first-order valence-corrected chi connectivity index (χ1v) is 27.0. The van der Waals surface area contributed by atoms with Gasteiger partial charge in [0.15, 0.2) is 0 Å². The summed E-state index contributed by atoms with van der Waals surface area (Å²) in [5.74, 6) is -1.83. The minimum Gasteiger partial charge on any atom is -0.354 e. The lowest BCUT2D eigenvalue weighted by atomic mass is 10.1. The van der Waals surface area contributed by atoms with Crippen molar-refractivity contribution in [3.63, 3.8) is 0 Å². The molecule has 0 saturated carbocycles. The van der Waals surface area contributed by atoms with Crippen LogP contribution in [0.3, 0.4) is 0 Å². The Balaban J connectivity index is 0.900. The second-order valence-electron chi connectivity index (χ2n) is 16.2. The molecule has 0 spiro atoms. The molecule has 0 atom stereocenters. The van der Waals surface area contributed by atoms with Gasteiger partial charge in [-0.2, -0.15) is 65.7 Å². The number of rotatable bonds is 24. The molecule has 0 unspecified atom stereocenters. The van der Waals surface area contributed by atoms with Crippen molar-refractivity contribution in [2.45, 2.75) is 39.9 Å². The molecular weight excluding hydrogens is 1150 g/mol. The van der Waals surface area contributed by atoms with Gasteiger partial charge in [0.1, 0.15) is 21.2 Å². The smallest absolute Gasteiger partial charge is 0.315 e. The average molecular weight is 1190 g/mol. The molecule has 2 amide bonds. The molecule has 8 rings (SSSR count). The number of halogens is 2. The van der Waals surface area contributed by atoms with Gasteiger partial charge in [-0.3, -0.25) is 18.7 Å². The molecule has 0 radical (unpaired) electrons. The molecule has 0 fully saturated rings. The Bertz CT molecular complexity index is 4010. The summed E-state index contributed by atoms with van der Waals surface area (Å²) >= 11 is 1.06. The lowest BCUT2D eigenvalue weighted by Gasteiger charge is -2.12. The summed E-state index contributed by atoms with van der Waals surface area (Å²) in [4.78, 5) is 47.1. The van der Waals surface area contributed by atoms with Gasteiger partial charge >= 0.3 is 12.2 Å². The zero-order valence-electron chi connectivity index (χ0n) is 41.1. The first kappa shape index (κ1) is 58.5. The molecule has 0 aliphatic rings. The van der Waals surface area contributed by atoms with Gasteiger partial charge in [0.05, 0.1) is 46.8 Å². The highest BCUT2D eigenvalue weighted by molar-refractivity contribution is 7.95. The second-order valence-corrected chi connectivity index (χ2v) is 20.4. The lowest BCUT2D eigenvalue weighted by molar-refractivity contribution is -0.432. The van der Waals surface area contributed by atoms with Gasteiger partial charge in [0, 0.05) is 64.3 Å². The quantitative estimate of drug-likeness (QED) is 0.00671. The summed E-state index contributed by atoms with van der Waals surface area (Å²) in [5, 5.41) is 58.7. The van der Waals surface area contributed by atoms with E-state index in [1.807, 2.05) is 0 Å². The Morgan fingerprint density at radius 1 is 0.543 bits per heavy atom. The molecule has 6 aromatic carbocycles. The first-order chi connectivity index (χ1) is 38.7. The number of anilines is 8. The third kappa shape index (κ3) is 15.8. The number of azo groups is 2. The van der Waals surface area contributed by atoms with E-state index >= 15 is 0 Å². The third-order valence-corrected chi connectivity index (χ3v) is 13.6. The summed E-state index contributed by atoms with van der Waals surface area (Å²) in [6.45, 7) is 2.76. The van der Waals surface area contributed by atoms with Crippen LogP contribution in [-0.2, 0) is 48.6 Å². The maximum atomic E-state index is 14.7. The number of benzene rings is 6. The number of carbonyl (C=O) groups excluding carboxylic acids is 2. The summed E-state index contributed by atoms with van der Waals surface area (Å²) in [6.07, 6.45) is -2.01. The first-order valence-electron chi connectivity index (χ1n) is 22.6. The number of carbonyl (C=O) groups is 2. The van der Waals surface area contributed by atoms with E-state index in [1.54, 1.807) is 0 Å². The van der Waals surface area contributed by atoms with Gasteiger partial charge in [0.2, 0.25) is 35.6 Å². The highest BCUT2D eigenvalue weighted by Gasteiger charge is 2.21. The Hall–Kier alpha value is -8.66. The van der Waals surface area contributed by atoms with Gasteiger partial charge in [-0.05, 0) is 84.6 Å². The van der Waals surface area contributed by atoms with Crippen molar-refractivity contribution in [2.75, 3.05) is 45.0 Å². The van der Waals surface area contributed by atoms with Crippen LogP contribution in [0.5, 0.6) is 0 Å². The molecule has 8 aromatic rings. The van der Waals surface area contributed by atoms with E-state index in [-0.39, 0.29) is 108 Å². The van der Waals surface area contributed by atoms with Crippen molar-refractivity contribution < 1.29 is 73.6 Å².